The Morgan fingerprint density at radius 1 is 1.20 bits per heavy atom. The highest BCUT2D eigenvalue weighted by Gasteiger charge is 2.10. The number of nitrogens with one attached hydrogen (secondary N) is 1. The van der Waals surface area contributed by atoms with Gasteiger partial charge in [-0.25, -0.2) is 4.98 Å². The Bertz CT molecular complexity index is 844. The molecule has 0 bridgehead atoms. The molecular formula is C16H16N4OS4. The van der Waals surface area contributed by atoms with Gasteiger partial charge in [-0.2, -0.15) is 0 Å². The molecule has 0 atom stereocenters. The second kappa shape index (κ2) is 8.79. The molecule has 1 N–H and O–H groups in total. The first kappa shape index (κ1) is 18.4. The molecule has 1 amide bonds. The van der Waals surface area contributed by atoms with Crippen molar-refractivity contribution in [2.45, 2.75) is 27.8 Å². The quantitative estimate of drug-likeness (QED) is 0.581. The molecule has 2 heterocycles. The average molecular weight is 409 g/mol. The largest absolute Gasteiger partial charge is 0.326 e. The lowest BCUT2D eigenvalue weighted by molar-refractivity contribution is -0.115. The number of anilines is 1. The summed E-state index contributed by atoms with van der Waals surface area (Å²) in [5.41, 5.74) is 2.94. The number of thiazole rings is 1. The van der Waals surface area contributed by atoms with Crippen LogP contribution in [0.25, 0.3) is 0 Å². The van der Waals surface area contributed by atoms with E-state index in [1.807, 2.05) is 42.8 Å². The normalized spacial score (nSPS) is 10.8. The van der Waals surface area contributed by atoms with Crippen LogP contribution >= 0.6 is 46.2 Å². The molecule has 130 valence electrons. The molecule has 0 fully saturated rings. The molecule has 0 saturated carbocycles. The molecule has 25 heavy (non-hydrogen) atoms. The van der Waals surface area contributed by atoms with Gasteiger partial charge in [-0.3, -0.25) is 4.79 Å². The number of nitrogens with zero attached hydrogens (tertiary/aromatic N) is 3. The van der Waals surface area contributed by atoms with Crippen molar-refractivity contribution in [1.29, 1.82) is 0 Å². The molecule has 0 aliphatic heterocycles. The molecule has 0 radical (unpaired) electrons. The second-order valence-electron chi connectivity index (χ2n) is 5.15. The Morgan fingerprint density at radius 2 is 1.96 bits per heavy atom. The van der Waals surface area contributed by atoms with Crippen LogP contribution in [0.4, 0.5) is 5.69 Å². The third kappa shape index (κ3) is 5.53. The molecule has 5 nitrogen and oxygen atoms in total. The maximum absolute atomic E-state index is 12.1. The molecule has 3 rings (SSSR count). The van der Waals surface area contributed by atoms with E-state index in [2.05, 4.69) is 20.5 Å². The number of carbonyl (C=O) groups excluding carboxylic acids is 1. The SMILES string of the molecule is CSc1nnc(SCc2csc(CC(=O)Nc3ccc(C)cc3)n2)s1. The number of hydrogen-bond acceptors (Lipinski definition) is 8. The van der Waals surface area contributed by atoms with Crippen molar-refractivity contribution in [1.82, 2.24) is 15.2 Å². The van der Waals surface area contributed by atoms with Gasteiger partial charge in [0.2, 0.25) is 5.91 Å². The first-order chi connectivity index (χ1) is 12.1. The fraction of sp³-hybridized carbons (Fsp3) is 0.250. The number of thioether (sulfide) groups is 2. The van der Waals surface area contributed by atoms with E-state index >= 15 is 0 Å². The van der Waals surface area contributed by atoms with Crippen LogP contribution in [0, 0.1) is 6.92 Å². The minimum absolute atomic E-state index is 0.0499. The standard InChI is InChI=1S/C16H16N4OS4/c1-10-3-5-11(6-4-10)17-13(21)7-14-18-12(8-23-14)9-24-16-20-19-15(22-2)25-16/h3-6,8H,7,9H2,1-2H3,(H,17,21). The van der Waals surface area contributed by atoms with Crippen LogP contribution in [0.1, 0.15) is 16.3 Å². The Kier molecular flexibility index (Phi) is 6.46. The molecule has 0 unspecified atom stereocenters. The van der Waals surface area contributed by atoms with E-state index in [1.165, 1.54) is 16.9 Å². The predicted molar refractivity (Wildman–Crippen MR) is 107 cm³/mol. The van der Waals surface area contributed by atoms with Crippen LogP contribution < -0.4 is 5.32 Å². The van der Waals surface area contributed by atoms with Crippen LogP contribution in [0.3, 0.4) is 0 Å². The zero-order valence-corrected chi connectivity index (χ0v) is 16.9. The predicted octanol–water partition coefficient (Wildman–Crippen LogP) is 4.50. The van der Waals surface area contributed by atoms with E-state index in [0.29, 0.717) is 6.42 Å². The van der Waals surface area contributed by atoms with E-state index in [0.717, 1.165) is 30.8 Å². The number of aryl methyl sites for hydroxylation is 1. The Morgan fingerprint density at radius 3 is 2.68 bits per heavy atom. The number of hydrogen-bond donors (Lipinski definition) is 1. The summed E-state index contributed by atoms with van der Waals surface area (Å²) in [4.78, 5) is 16.7. The summed E-state index contributed by atoms with van der Waals surface area (Å²) in [5, 5.41) is 13.9. The van der Waals surface area contributed by atoms with Crippen molar-refractivity contribution in [3.8, 4) is 0 Å². The Hall–Kier alpha value is -1.42. The van der Waals surface area contributed by atoms with Gasteiger partial charge in [0.1, 0.15) is 5.01 Å². The lowest BCUT2D eigenvalue weighted by Gasteiger charge is -2.04. The summed E-state index contributed by atoms with van der Waals surface area (Å²) in [7, 11) is 0. The van der Waals surface area contributed by atoms with Gasteiger partial charge in [0.15, 0.2) is 8.68 Å². The van der Waals surface area contributed by atoms with Crippen LogP contribution in [0.2, 0.25) is 0 Å². The molecule has 2 aromatic heterocycles. The molecule has 0 aliphatic rings. The van der Waals surface area contributed by atoms with E-state index in [1.54, 1.807) is 34.9 Å². The van der Waals surface area contributed by atoms with Crippen LogP contribution in [-0.2, 0) is 17.0 Å². The fourth-order valence-electron chi connectivity index (χ4n) is 1.95. The maximum Gasteiger partial charge on any atom is 0.231 e. The highest BCUT2D eigenvalue weighted by atomic mass is 32.2. The Labute approximate surface area is 162 Å². The summed E-state index contributed by atoms with van der Waals surface area (Å²) in [6, 6.07) is 7.76. The molecule has 1 aromatic carbocycles. The van der Waals surface area contributed by atoms with Gasteiger partial charge >= 0.3 is 0 Å². The minimum atomic E-state index is -0.0499. The summed E-state index contributed by atoms with van der Waals surface area (Å²) >= 11 is 6.32. The zero-order chi connectivity index (χ0) is 17.6. The number of amides is 1. The molecule has 0 spiro atoms. The summed E-state index contributed by atoms with van der Waals surface area (Å²) in [6.07, 6.45) is 2.28. The topological polar surface area (TPSA) is 67.8 Å². The molecule has 3 aromatic rings. The minimum Gasteiger partial charge on any atom is -0.326 e. The van der Waals surface area contributed by atoms with Crippen LogP contribution in [-0.4, -0.2) is 27.3 Å². The van der Waals surface area contributed by atoms with Crippen molar-refractivity contribution in [2.75, 3.05) is 11.6 Å². The number of carbonyl (C=O) groups is 1. The lowest BCUT2D eigenvalue weighted by Crippen LogP contribution is -2.14. The van der Waals surface area contributed by atoms with E-state index < -0.39 is 0 Å². The fourth-order valence-corrected chi connectivity index (χ4v) is 5.18. The smallest absolute Gasteiger partial charge is 0.231 e. The first-order valence-corrected chi connectivity index (χ1v) is 11.3. The van der Waals surface area contributed by atoms with E-state index in [-0.39, 0.29) is 5.91 Å². The van der Waals surface area contributed by atoms with Gasteiger partial charge in [-0.05, 0) is 25.3 Å². The van der Waals surface area contributed by atoms with Gasteiger partial charge in [-0.15, -0.1) is 21.5 Å². The van der Waals surface area contributed by atoms with Gasteiger partial charge in [0.25, 0.3) is 0 Å². The van der Waals surface area contributed by atoms with Crippen molar-refractivity contribution in [3.63, 3.8) is 0 Å². The van der Waals surface area contributed by atoms with Crippen LogP contribution in [0.5, 0.6) is 0 Å². The second-order valence-corrected chi connectivity index (χ2v) is 9.35. The molecule has 9 heteroatoms. The van der Waals surface area contributed by atoms with Crippen molar-refractivity contribution in [3.05, 3.63) is 45.9 Å². The number of rotatable bonds is 7. The van der Waals surface area contributed by atoms with E-state index in [9.17, 15) is 4.79 Å². The summed E-state index contributed by atoms with van der Waals surface area (Å²) in [6.45, 7) is 2.02. The average Bonchev–Trinajstić information content (AvgIpc) is 3.24. The van der Waals surface area contributed by atoms with Gasteiger partial charge in [0, 0.05) is 16.8 Å². The van der Waals surface area contributed by atoms with Crippen LogP contribution in [0.15, 0.2) is 38.3 Å². The van der Waals surface area contributed by atoms with Crippen molar-refractivity contribution in [2.24, 2.45) is 0 Å². The maximum atomic E-state index is 12.1. The molecular weight excluding hydrogens is 392 g/mol. The highest BCUT2D eigenvalue weighted by molar-refractivity contribution is 8.02. The third-order valence-corrected chi connectivity index (χ3v) is 7.12. The highest BCUT2D eigenvalue weighted by Crippen LogP contribution is 2.29. The van der Waals surface area contributed by atoms with Gasteiger partial charge in [0.05, 0.1) is 12.1 Å². The number of benzene rings is 1. The molecule has 0 saturated heterocycles. The lowest BCUT2D eigenvalue weighted by atomic mass is 10.2. The Balaban J connectivity index is 1.50. The van der Waals surface area contributed by atoms with Gasteiger partial charge in [-0.1, -0.05) is 52.6 Å². The van der Waals surface area contributed by atoms with E-state index in [4.69, 9.17) is 0 Å². The monoisotopic (exact) mass is 408 g/mol. The summed E-state index contributed by atoms with van der Waals surface area (Å²) in [5.74, 6) is 0.685. The number of aromatic nitrogens is 3. The third-order valence-electron chi connectivity index (χ3n) is 3.15. The molecule has 0 aliphatic carbocycles. The van der Waals surface area contributed by atoms with Crippen molar-refractivity contribution < 1.29 is 4.79 Å². The van der Waals surface area contributed by atoms with Crippen molar-refractivity contribution >= 4 is 57.8 Å². The van der Waals surface area contributed by atoms with Gasteiger partial charge < -0.3 is 5.32 Å². The first-order valence-electron chi connectivity index (χ1n) is 7.42. The summed E-state index contributed by atoms with van der Waals surface area (Å²) < 4.78 is 1.91. The zero-order valence-electron chi connectivity index (χ0n) is 13.7.